The molecule has 172 valence electrons. The van der Waals surface area contributed by atoms with E-state index in [0.717, 1.165) is 18.2 Å². The van der Waals surface area contributed by atoms with Gasteiger partial charge in [0.05, 0.1) is 18.2 Å². The first-order valence-electron chi connectivity index (χ1n) is 9.07. The van der Waals surface area contributed by atoms with E-state index in [1.807, 2.05) is 0 Å². The normalized spacial score (nSPS) is 22.6. The van der Waals surface area contributed by atoms with Crippen LogP contribution in [0.25, 0.3) is 22.3 Å². The fraction of sp³-hybridized carbons (Fsp3) is 0.250. The number of halogens is 1. The number of aliphatic hydroxyl groups excluding tert-OH is 3. The van der Waals surface area contributed by atoms with Crippen molar-refractivity contribution in [3.05, 3.63) is 30.3 Å². The molecule has 2 aromatic carbocycles. The van der Waals surface area contributed by atoms with E-state index in [4.69, 9.17) is 13.9 Å². The van der Waals surface area contributed by atoms with Crippen LogP contribution >= 0.6 is 0 Å². The van der Waals surface area contributed by atoms with E-state index in [2.05, 4.69) is 0 Å². The van der Waals surface area contributed by atoms with Crippen LogP contribution in [0.15, 0.2) is 34.7 Å². The Morgan fingerprint density at radius 3 is 2.12 bits per heavy atom. The summed E-state index contributed by atoms with van der Waals surface area (Å²) in [5.74, 6) is -3.02. The van der Waals surface area contributed by atoms with E-state index in [1.165, 1.54) is 12.1 Å². The lowest BCUT2D eigenvalue weighted by atomic mass is 10.1. The lowest BCUT2D eigenvalue weighted by Gasteiger charge is -2.16. The van der Waals surface area contributed by atoms with Gasteiger partial charge >= 0.3 is 11.3 Å². The fourth-order valence-electron chi connectivity index (χ4n) is 3.30. The first kappa shape index (κ1) is 23.4. The van der Waals surface area contributed by atoms with Crippen LogP contribution in [-0.4, -0.2) is 72.1 Å². The number of aliphatic hydroxyl groups is 3. The summed E-state index contributed by atoms with van der Waals surface area (Å²) in [6.07, 6.45) is -5.50. The third kappa shape index (κ3) is 3.99. The summed E-state index contributed by atoms with van der Waals surface area (Å²) < 4.78 is 16.7. The Balaban J connectivity index is 0.00000289. The summed E-state index contributed by atoms with van der Waals surface area (Å²) in [6, 6.07) is 5.68. The van der Waals surface area contributed by atoms with E-state index in [1.54, 1.807) is 0 Å². The van der Waals surface area contributed by atoms with Crippen LogP contribution in [0.5, 0.6) is 34.5 Å². The van der Waals surface area contributed by atoms with E-state index < -0.39 is 48.5 Å². The summed E-state index contributed by atoms with van der Waals surface area (Å²) >= 11 is 0. The minimum absolute atomic E-state index is 0. The number of ether oxygens (including phenoxy) is 2. The molecule has 0 aliphatic carbocycles. The molecular formula is C20H19ClO11. The number of aromatic hydroxyl groups is 5. The summed E-state index contributed by atoms with van der Waals surface area (Å²) in [6.45, 7) is -0.577. The van der Waals surface area contributed by atoms with Crippen molar-refractivity contribution >= 4 is 11.0 Å². The van der Waals surface area contributed by atoms with Crippen molar-refractivity contribution in [1.29, 1.82) is 0 Å². The average molecular weight is 471 g/mol. The summed E-state index contributed by atoms with van der Waals surface area (Å²) in [7, 11) is 0. The molecule has 0 saturated carbocycles. The Morgan fingerprint density at radius 2 is 1.53 bits per heavy atom. The molecule has 1 fully saturated rings. The highest BCUT2D eigenvalue weighted by Gasteiger charge is 2.45. The van der Waals surface area contributed by atoms with E-state index in [0.29, 0.717) is 0 Å². The first-order valence-corrected chi connectivity index (χ1v) is 9.07. The highest BCUT2D eigenvalue weighted by molar-refractivity contribution is 5.88. The van der Waals surface area contributed by atoms with Crippen LogP contribution in [0.1, 0.15) is 0 Å². The second-order valence-electron chi connectivity index (χ2n) is 7.00. The van der Waals surface area contributed by atoms with Gasteiger partial charge in [0.2, 0.25) is 12.0 Å². The van der Waals surface area contributed by atoms with Crippen molar-refractivity contribution in [2.24, 2.45) is 0 Å². The molecule has 1 unspecified atom stereocenters. The molecule has 0 bridgehead atoms. The van der Waals surface area contributed by atoms with Gasteiger partial charge in [0.1, 0.15) is 35.2 Å². The van der Waals surface area contributed by atoms with Crippen molar-refractivity contribution in [3.8, 4) is 45.8 Å². The molecule has 4 rings (SSSR count). The minimum atomic E-state index is -1.53. The molecule has 0 spiro atoms. The molecule has 1 aliphatic rings. The number of hydrogen-bond acceptors (Lipinski definition) is 10. The molecule has 1 aromatic heterocycles. The zero-order chi connectivity index (χ0) is 22.4. The average Bonchev–Trinajstić information content (AvgIpc) is 2.99. The highest BCUT2D eigenvalue weighted by atomic mass is 35.5. The molecule has 11 nitrogen and oxygen atoms in total. The zero-order valence-corrected chi connectivity index (χ0v) is 16.8. The molecule has 0 amide bonds. The van der Waals surface area contributed by atoms with Crippen LogP contribution < -0.4 is 17.1 Å². The number of fused-ring (bicyclic) bond motifs is 1. The van der Waals surface area contributed by atoms with Gasteiger partial charge in [-0.1, -0.05) is 0 Å². The van der Waals surface area contributed by atoms with Crippen LogP contribution in [0.3, 0.4) is 0 Å². The predicted molar refractivity (Wildman–Crippen MR) is 103 cm³/mol. The lowest BCUT2D eigenvalue weighted by Crippen LogP contribution is -3.00. The fourth-order valence-corrected chi connectivity index (χ4v) is 3.30. The van der Waals surface area contributed by atoms with Crippen molar-refractivity contribution in [2.45, 2.75) is 24.6 Å². The monoisotopic (exact) mass is 470 g/mol. The number of benzene rings is 2. The second-order valence-corrected chi connectivity index (χ2v) is 7.00. The number of hydrogen-bond donors (Lipinski definition) is 8. The van der Waals surface area contributed by atoms with Crippen molar-refractivity contribution in [1.82, 2.24) is 0 Å². The van der Waals surface area contributed by atoms with E-state index in [-0.39, 0.29) is 51.9 Å². The molecule has 1 aliphatic heterocycles. The standard InChI is InChI=1S/C20H18O11.ClH/c21-6-15-17(27)18(28)20(31-15)30-14-5-9-10(23)3-8(22)4-13(9)29-19(14)7-1-11(24)16(26)12(25)2-7;/h1-5,15,17-18,20-21,27-28H,6H2,(H4-,22,23,24,25,26);1H/t15-,17-,18+,20?;/m1./s1. The minimum Gasteiger partial charge on any atom is -1.00 e. The maximum Gasteiger partial charge on any atom is 0.402 e. The Kier molecular flexibility index (Phi) is 6.39. The molecule has 12 heteroatoms. The van der Waals surface area contributed by atoms with Gasteiger partial charge in [-0.3, -0.25) is 0 Å². The molecule has 1 saturated heterocycles. The third-order valence-electron chi connectivity index (χ3n) is 4.89. The molecule has 0 radical (unpaired) electrons. The first-order chi connectivity index (χ1) is 14.7. The zero-order valence-electron chi connectivity index (χ0n) is 16.1. The molecular weight excluding hydrogens is 452 g/mol. The van der Waals surface area contributed by atoms with Gasteiger partial charge in [0, 0.05) is 24.3 Å². The van der Waals surface area contributed by atoms with Gasteiger partial charge < -0.3 is 62.7 Å². The number of phenolic OH excluding ortho intramolecular Hbond substituents is 5. The van der Waals surface area contributed by atoms with E-state index >= 15 is 0 Å². The maximum atomic E-state index is 10.2. The Hall–Kier alpha value is -3.22. The third-order valence-corrected chi connectivity index (χ3v) is 4.89. The highest BCUT2D eigenvalue weighted by Crippen LogP contribution is 2.44. The SMILES string of the molecule is OC[C@H]1OC(Oc2cc3c(O)cc(O)cc3[o+]c2-c2cc(O)c(O)c(O)c2)[C@@H](O)[C@@H]1O.[Cl-]. The topological polar surface area (TPSA) is 192 Å². The molecule has 4 atom stereocenters. The molecule has 32 heavy (non-hydrogen) atoms. The van der Waals surface area contributed by atoms with Crippen LogP contribution in [-0.2, 0) is 4.74 Å². The summed E-state index contributed by atoms with van der Waals surface area (Å²) in [5.41, 5.74) is 0.0346. The summed E-state index contributed by atoms with van der Waals surface area (Å²) in [5, 5.41) is 78.7. The number of phenols is 5. The van der Waals surface area contributed by atoms with Gasteiger partial charge in [-0.05, 0) is 0 Å². The second kappa shape index (κ2) is 8.73. The van der Waals surface area contributed by atoms with Crippen molar-refractivity contribution in [3.63, 3.8) is 0 Å². The smallest absolute Gasteiger partial charge is 0.402 e. The predicted octanol–water partition coefficient (Wildman–Crippen LogP) is -2.27. The van der Waals surface area contributed by atoms with Gasteiger partial charge in [-0.25, -0.2) is 4.42 Å². The van der Waals surface area contributed by atoms with Gasteiger partial charge in [-0.15, -0.1) is 0 Å². The van der Waals surface area contributed by atoms with Crippen LogP contribution in [0.4, 0.5) is 0 Å². The van der Waals surface area contributed by atoms with Crippen LogP contribution in [0.2, 0.25) is 0 Å². The molecule has 8 N–H and O–H groups in total. The van der Waals surface area contributed by atoms with Crippen molar-refractivity contribution in [2.75, 3.05) is 6.61 Å². The molecule has 3 aromatic rings. The van der Waals surface area contributed by atoms with Crippen molar-refractivity contribution < 1.29 is 67.2 Å². The Labute approximate surface area is 186 Å². The quantitative estimate of drug-likeness (QED) is 0.151. The number of rotatable bonds is 4. The Morgan fingerprint density at radius 1 is 0.875 bits per heavy atom. The Bertz CT molecular complexity index is 1130. The maximum absolute atomic E-state index is 10.2. The van der Waals surface area contributed by atoms with E-state index in [9.17, 15) is 40.9 Å². The molecule has 2 heterocycles. The van der Waals surface area contributed by atoms with Gasteiger partial charge in [0.25, 0.3) is 0 Å². The van der Waals surface area contributed by atoms with Crippen LogP contribution in [0, 0.1) is 0 Å². The summed E-state index contributed by atoms with van der Waals surface area (Å²) in [4.78, 5) is 0. The lowest BCUT2D eigenvalue weighted by molar-refractivity contribution is -0.116. The van der Waals surface area contributed by atoms with Gasteiger partial charge in [-0.2, -0.15) is 0 Å². The van der Waals surface area contributed by atoms with Gasteiger partial charge in [0.15, 0.2) is 17.2 Å². The largest absolute Gasteiger partial charge is 1.00 e.